The van der Waals surface area contributed by atoms with Crippen LogP contribution in [-0.4, -0.2) is 75.2 Å². The maximum absolute atomic E-state index is 13.9. The van der Waals surface area contributed by atoms with Crippen molar-refractivity contribution in [2.75, 3.05) is 19.7 Å². The Labute approximate surface area is 221 Å². The normalized spacial score (nSPS) is 18.1. The highest BCUT2D eigenvalue weighted by molar-refractivity contribution is 6.45. The van der Waals surface area contributed by atoms with Crippen molar-refractivity contribution in [3.63, 3.8) is 0 Å². The van der Waals surface area contributed by atoms with Crippen LogP contribution in [-0.2, 0) is 11.3 Å². The molecule has 0 bridgehead atoms. The topological polar surface area (TPSA) is 108 Å². The van der Waals surface area contributed by atoms with E-state index in [2.05, 4.69) is 27.1 Å². The molecule has 0 spiro atoms. The molecule has 1 saturated heterocycles. The summed E-state index contributed by atoms with van der Waals surface area (Å²) in [4.78, 5) is 50.5. The number of carbonyl (C=O) groups is 3. The lowest BCUT2D eigenvalue weighted by atomic mass is 10.0. The Kier molecular flexibility index (Phi) is 8.11. The molecule has 10 heteroatoms. The van der Waals surface area contributed by atoms with Crippen molar-refractivity contribution in [2.24, 2.45) is 0 Å². The number of fused-ring (bicyclic) bond motifs is 1. The van der Waals surface area contributed by atoms with Crippen molar-refractivity contribution in [1.29, 1.82) is 0 Å². The highest BCUT2D eigenvalue weighted by Gasteiger charge is 2.34. The highest BCUT2D eigenvalue weighted by Crippen LogP contribution is 2.28. The Balaban J connectivity index is 1.61. The number of ether oxygens (including phenoxy) is 1. The van der Waals surface area contributed by atoms with E-state index in [9.17, 15) is 18.8 Å². The molecular weight excluding hydrogens is 489 g/mol. The molecule has 202 valence electrons. The number of aromatic amines is 1. The second kappa shape index (κ2) is 11.3. The fourth-order valence-electron chi connectivity index (χ4n) is 4.75. The fraction of sp³-hybridized carbons (Fsp3) is 0.429. The van der Waals surface area contributed by atoms with Gasteiger partial charge in [-0.05, 0) is 58.4 Å². The predicted octanol–water partition coefficient (Wildman–Crippen LogP) is 3.54. The summed E-state index contributed by atoms with van der Waals surface area (Å²) >= 11 is 0. The number of hydrogen-bond acceptors (Lipinski definition) is 6. The van der Waals surface area contributed by atoms with E-state index in [-0.39, 0.29) is 46.9 Å². The molecule has 0 unspecified atom stereocenters. The van der Waals surface area contributed by atoms with E-state index in [4.69, 9.17) is 4.74 Å². The summed E-state index contributed by atoms with van der Waals surface area (Å²) in [5.41, 5.74) is 1.75. The zero-order chi connectivity index (χ0) is 27.6. The number of carbonyl (C=O) groups excluding carboxylic acids is 3. The molecule has 0 saturated carbocycles. The second-order valence-electron chi connectivity index (χ2n) is 10.0. The summed E-state index contributed by atoms with van der Waals surface area (Å²) in [7, 11) is 0. The summed E-state index contributed by atoms with van der Waals surface area (Å²) in [6.07, 6.45) is 1.43. The predicted molar refractivity (Wildman–Crippen MR) is 142 cm³/mol. The number of benzene rings is 1. The van der Waals surface area contributed by atoms with E-state index in [1.54, 1.807) is 43.9 Å². The number of nitrogens with zero attached hydrogens (tertiary/aromatic N) is 3. The van der Waals surface area contributed by atoms with Crippen molar-refractivity contribution in [2.45, 2.75) is 59.3 Å². The third kappa shape index (κ3) is 5.70. The van der Waals surface area contributed by atoms with E-state index in [1.165, 1.54) is 18.3 Å². The number of H-pyrrole nitrogens is 1. The monoisotopic (exact) mass is 523 g/mol. The van der Waals surface area contributed by atoms with Crippen molar-refractivity contribution in [3.8, 4) is 5.88 Å². The molecule has 3 aromatic rings. The van der Waals surface area contributed by atoms with E-state index >= 15 is 0 Å². The van der Waals surface area contributed by atoms with Crippen LogP contribution in [0.3, 0.4) is 0 Å². The average molecular weight is 524 g/mol. The third-order valence-corrected chi connectivity index (χ3v) is 6.69. The lowest BCUT2D eigenvalue weighted by Gasteiger charge is -2.44. The van der Waals surface area contributed by atoms with Crippen LogP contribution < -0.4 is 10.1 Å². The zero-order valence-electron chi connectivity index (χ0n) is 22.4. The second-order valence-corrected chi connectivity index (χ2v) is 10.0. The minimum absolute atomic E-state index is 0.0524. The SMILES string of the molecule is CCOc1nc2[nH]cc(C(=O)C(=O)NC(C)C)c2cc1C(=O)N1C[C@H](C)N(Cc2ccc(F)cc2)C[C@H]1C. The molecule has 2 atom stereocenters. The smallest absolute Gasteiger partial charge is 0.292 e. The van der Waals surface area contributed by atoms with Gasteiger partial charge in [-0.2, -0.15) is 4.98 Å². The molecule has 4 rings (SSSR count). The summed E-state index contributed by atoms with van der Waals surface area (Å²) in [5.74, 6) is -1.77. The third-order valence-electron chi connectivity index (χ3n) is 6.69. The van der Waals surface area contributed by atoms with Crippen LogP contribution in [0.2, 0.25) is 0 Å². The first-order valence-corrected chi connectivity index (χ1v) is 12.9. The lowest BCUT2D eigenvalue weighted by Crippen LogP contribution is -2.57. The van der Waals surface area contributed by atoms with Crippen molar-refractivity contribution in [1.82, 2.24) is 25.1 Å². The van der Waals surface area contributed by atoms with Gasteiger partial charge in [0.25, 0.3) is 17.6 Å². The lowest BCUT2D eigenvalue weighted by molar-refractivity contribution is -0.117. The van der Waals surface area contributed by atoms with Gasteiger partial charge in [-0.1, -0.05) is 12.1 Å². The number of aromatic nitrogens is 2. The van der Waals surface area contributed by atoms with Gasteiger partial charge in [0.2, 0.25) is 5.88 Å². The van der Waals surface area contributed by atoms with Gasteiger partial charge >= 0.3 is 0 Å². The standard InChI is InChI=1S/C28H34FN5O4/c1-6-38-27-22(11-21-23(12-30-25(21)32-27)24(35)26(36)31-16(2)3)28(37)34-14-17(4)33(13-18(34)5)15-19-7-9-20(29)10-8-19/h7-12,16-18H,6,13-15H2,1-5H3,(H,30,32)(H,31,36)/t17-,18+/m0/s1. The Morgan fingerprint density at radius 1 is 1.13 bits per heavy atom. The van der Waals surface area contributed by atoms with E-state index in [0.29, 0.717) is 37.3 Å². The fourth-order valence-corrected chi connectivity index (χ4v) is 4.75. The van der Waals surface area contributed by atoms with Crippen LogP contribution in [0.15, 0.2) is 36.5 Å². The quantitative estimate of drug-likeness (QED) is 0.346. The minimum Gasteiger partial charge on any atom is -0.477 e. The van der Waals surface area contributed by atoms with Crippen LogP contribution in [0, 0.1) is 5.82 Å². The first-order chi connectivity index (χ1) is 18.1. The van der Waals surface area contributed by atoms with Crippen molar-refractivity contribution in [3.05, 3.63) is 59.0 Å². The van der Waals surface area contributed by atoms with Gasteiger partial charge in [0.1, 0.15) is 17.0 Å². The van der Waals surface area contributed by atoms with E-state index in [0.717, 1.165) is 5.56 Å². The molecule has 0 radical (unpaired) electrons. The van der Waals surface area contributed by atoms with Crippen LogP contribution in [0.4, 0.5) is 4.39 Å². The summed E-state index contributed by atoms with van der Waals surface area (Å²) in [6, 6.07) is 7.78. The molecule has 38 heavy (non-hydrogen) atoms. The number of pyridine rings is 1. The summed E-state index contributed by atoms with van der Waals surface area (Å²) < 4.78 is 19.0. The maximum atomic E-state index is 13.9. The highest BCUT2D eigenvalue weighted by atomic mass is 19.1. The first-order valence-electron chi connectivity index (χ1n) is 12.9. The molecule has 1 aliphatic heterocycles. The number of rotatable bonds is 8. The summed E-state index contributed by atoms with van der Waals surface area (Å²) in [6.45, 7) is 11.4. The molecule has 1 aliphatic rings. The largest absolute Gasteiger partial charge is 0.477 e. The van der Waals surface area contributed by atoms with Crippen LogP contribution in [0.1, 0.15) is 60.9 Å². The Bertz CT molecular complexity index is 1340. The number of hydrogen-bond donors (Lipinski definition) is 2. The van der Waals surface area contributed by atoms with Crippen molar-refractivity contribution < 1.29 is 23.5 Å². The number of Topliss-reactive ketones (excluding diaryl/α,β-unsaturated/α-hetero) is 1. The number of halogens is 1. The number of ketones is 1. The number of amides is 2. The van der Waals surface area contributed by atoms with Gasteiger partial charge in [0, 0.05) is 49.3 Å². The summed E-state index contributed by atoms with van der Waals surface area (Å²) in [5, 5.41) is 2.99. The Morgan fingerprint density at radius 3 is 2.50 bits per heavy atom. The van der Waals surface area contributed by atoms with Gasteiger partial charge in [-0.25, -0.2) is 4.39 Å². The number of piperazine rings is 1. The molecule has 1 fully saturated rings. The van der Waals surface area contributed by atoms with E-state index < -0.39 is 11.7 Å². The first kappa shape index (κ1) is 27.3. The maximum Gasteiger partial charge on any atom is 0.292 e. The molecule has 2 amide bonds. The molecule has 9 nitrogen and oxygen atoms in total. The minimum atomic E-state index is -0.720. The van der Waals surface area contributed by atoms with Gasteiger partial charge in [0.15, 0.2) is 0 Å². The Hall–Kier alpha value is -3.79. The van der Waals surface area contributed by atoms with E-state index in [1.807, 2.05) is 6.92 Å². The molecular formula is C28H34FN5O4. The van der Waals surface area contributed by atoms with Crippen LogP contribution in [0.5, 0.6) is 5.88 Å². The number of nitrogens with one attached hydrogen (secondary N) is 2. The van der Waals surface area contributed by atoms with Gasteiger partial charge in [-0.15, -0.1) is 0 Å². The van der Waals surface area contributed by atoms with Crippen LogP contribution >= 0.6 is 0 Å². The molecule has 3 heterocycles. The van der Waals surface area contributed by atoms with Crippen molar-refractivity contribution >= 4 is 28.6 Å². The average Bonchev–Trinajstić information content (AvgIpc) is 3.28. The molecule has 2 aromatic heterocycles. The molecule has 0 aliphatic carbocycles. The Morgan fingerprint density at radius 2 is 1.84 bits per heavy atom. The van der Waals surface area contributed by atoms with Gasteiger partial charge in [-0.3, -0.25) is 19.3 Å². The van der Waals surface area contributed by atoms with Gasteiger partial charge < -0.3 is 19.9 Å². The zero-order valence-corrected chi connectivity index (χ0v) is 22.4. The van der Waals surface area contributed by atoms with Gasteiger partial charge in [0.05, 0.1) is 12.2 Å². The van der Waals surface area contributed by atoms with Crippen LogP contribution in [0.25, 0.3) is 11.0 Å². The molecule has 1 aromatic carbocycles. The molecule has 2 N–H and O–H groups in total.